The molecular formula is C54H68F2N4O11S2. The van der Waals surface area contributed by atoms with Gasteiger partial charge in [0.05, 0.1) is 44.0 Å². The van der Waals surface area contributed by atoms with Gasteiger partial charge in [0, 0.05) is 42.8 Å². The van der Waals surface area contributed by atoms with Gasteiger partial charge in [0.25, 0.3) is 0 Å². The second-order valence-electron chi connectivity index (χ2n) is 21.7. The van der Waals surface area contributed by atoms with Crippen molar-refractivity contribution in [1.82, 2.24) is 14.7 Å². The van der Waals surface area contributed by atoms with Crippen molar-refractivity contribution in [2.75, 3.05) is 25.7 Å². The molecule has 4 aromatic rings. The molecule has 2 heterocycles. The molecule has 4 atom stereocenters. The first-order valence-electron chi connectivity index (χ1n) is 24.4. The summed E-state index contributed by atoms with van der Waals surface area (Å²) in [5, 5.41) is 14.3. The number of nitrogens with one attached hydrogen (secondary N) is 1. The van der Waals surface area contributed by atoms with Crippen LogP contribution in [0.15, 0.2) is 60.9 Å². The molecule has 0 spiro atoms. The number of fused-ring (bicyclic) bond motifs is 4. The molecule has 2 aromatic carbocycles. The zero-order valence-corrected chi connectivity index (χ0v) is 44.9. The number of hydrogen-bond donors (Lipinski definition) is 3. The van der Waals surface area contributed by atoms with Crippen LogP contribution in [-0.2, 0) is 52.1 Å². The van der Waals surface area contributed by atoms with Crippen LogP contribution < -0.4 is 19.3 Å². The fraction of sp³-hybridized carbons (Fsp3) is 0.519. The predicted octanol–water partition coefficient (Wildman–Crippen LogP) is 8.72. The predicted molar refractivity (Wildman–Crippen MR) is 273 cm³/mol. The third kappa shape index (κ3) is 11.7. The van der Waals surface area contributed by atoms with Crippen molar-refractivity contribution in [3.8, 4) is 34.0 Å². The van der Waals surface area contributed by atoms with Crippen molar-refractivity contribution in [3.05, 3.63) is 94.8 Å². The smallest absolute Gasteiger partial charge is 0.307 e. The second-order valence-corrected chi connectivity index (χ2v) is 25.0. The molecule has 0 saturated heterocycles. The SMILES string of the molecule is CC1(C)C2CC[C@@]1(CS(N)(=O)=O)C(=O)C2.COc1cc(-c2cc(F)cc(C(C)C)c2CC(=O)NS(=O)(=O)C[C@]23CCC(CC2=O)C3(C)C)ccn1.COc1cc(-c2cc(F)cc(C(C)C)c2CC(=O)O)ccn1. The Kier molecular flexibility index (Phi) is 16.5. The molecule has 4 N–H and O–H groups in total. The van der Waals surface area contributed by atoms with Crippen LogP contribution >= 0.6 is 0 Å². The number of pyridine rings is 2. The molecule has 4 aliphatic carbocycles. The summed E-state index contributed by atoms with van der Waals surface area (Å²) in [4.78, 5) is 57.2. The van der Waals surface area contributed by atoms with Crippen LogP contribution in [0.2, 0.25) is 0 Å². The molecule has 19 heteroatoms. The van der Waals surface area contributed by atoms with Crippen molar-refractivity contribution in [3.63, 3.8) is 0 Å². The number of carboxylic acids is 1. The lowest BCUT2D eigenvalue weighted by molar-refractivity contribution is -0.136. The first-order chi connectivity index (χ1) is 33.9. The second kappa shape index (κ2) is 21.3. The topological polar surface area (TPSA) is 239 Å². The summed E-state index contributed by atoms with van der Waals surface area (Å²) in [6.07, 6.45) is 6.54. The zero-order valence-electron chi connectivity index (χ0n) is 43.2. The van der Waals surface area contributed by atoms with Crippen molar-refractivity contribution in [2.24, 2.45) is 38.6 Å². The lowest BCUT2D eigenvalue weighted by atomic mass is 9.70. The highest BCUT2D eigenvalue weighted by molar-refractivity contribution is 7.90. The number of carbonyl (C=O) groups is 4. The van der Waals surface area contributed by atoms with E-state index in [-0.39, 0.29) is 59.1 Å². The van der Waals surface area contributed by atoms with Crippen LogP contribution in [0.1, 0.15) is 128 Å². The molecular weight excluding hydrogens is 983 g/mol. The number of ketones is 2. The molecule has 0 radical (unpaired) electrons. The molecule has 15 nitrogen and oxygen atoms in total. The number of nitrogens with zero attached hydrogens (tertiary/aromatic N) is 2. The molecule has 73 heavy (non-hydrogen) atoms. The Balaban J connectivity index is 0.000000198. The molecule has 0 aliphatic heterocycles. The van der Waals surface area contributed by atoms with Gasteiger partial charge in [-0.15, -0.1) is 0 Å². The number of carboxylic acid groups (broad SMARTS) is 1. The van der Waals surface area contributed by atoms with E-state index in [1.807, 2.05) is 55.4 Å². The minimum absolute atomic E-state index is 0.0209. The molecule has 2 unspecified atom stereocenters. The van der Waals surface area contributed by atoms with Crippen molar-refractivity contribution in [2.45, 2.75) is 119 Å². The van der Waals surface area contributed by atoms with Gasteiger partial charge in [0.2, 0.25) is 37.7 Å². The van der Waals surface area contributed by atoms with Gasteiger partial charge in [-0.3, -0.25) is 23.9 Å². The minimum Gasteiger partial charge on any atom is -0.481 e. The standard InChI is InChI=1S/C27H33FN2O5S.C17H18FNO3.C10H17NO3S/c1-16(2)20-12-19(28)13-21(17-7-9-29-25(10-17)35-5)22(20)14-24(32)30-36(33,34)15-27-8-6-18(11-23(27)31)26(27,3)4;1-10(2)13-7-12(18)8-14(15(13)9-17(20)21)11-4-5-19-16(6-11)22-3;1-9(2)7-3-4-10(9,8(12)5-7)6-15(11,13)14/h7,9-10,12-13,16,18H,6,8,11,14-15H2,1-5H3,(H,30,32);4-8,10H,9H2,1-3H3,(H,20,21);7H,3-6H2,1-2H3,(H2,11,13,14)/t18?,27-;;7?,10-/m1.1/s1. The summed E-state index contributed by atoms with van der Waals surface area (Å²) in [6, 6.07) is 12.2. The number of sulfonamides is 2. The van der Waals surface area contributed by atoms with Gasteiger partial charge in [-0.1, -0.05) is 55.4 Å². The Bertz CT molecular complexity index is 3030. The Morgan fingerprint density at radius 1 is 0.712 bits per heavy atom. The third-order valence-corrected chi connectivity index (χ3v) is 18.7. The van der Waals surface area contributed by atoms with Gasteiger partial charge >= 0.3 is 5.97 Å². The number of methoxy groups -OCH3 is 2. The van der Waals surface area contributed by atoms with Gasteiger partial charge in [0.15, 0.2) is 0 Å². The van der Waals surface area contributed by atoms with E-state index >= 15 is 0 Å². The molecule has 4 aliphatic rings. The van der Waals surface area contributed by atoms with Crippen molar-refractivity contribution < 1.29 is 59.4 Å². The number of amides is 1. The average Bonchev–Trinajstić information content (AvgIpc) is 3.82. The average molecular weight is 1050 g/mol. The van der Waals surface area contributed by atoms with E-state index in [1.165, 1.54) is 44.7 Å². The molecule has 2 aromatic heterocycles. The minimum atomic E-state index is -4.09. The Hall–Kier alpha value is -5.66. The highest BCUT2D eigenvalue weighted by Gasteiger charge is 2.66. The summed E-state index contributed by atoms with van der Waals surface area (Å²) < 4.78 is 89.8. The van der Waals surface area contributed by atoms with Gasteiger partial charge in [-0.25, -0.2) is 40.7 Å². The van der Waals surface area contributed by atoms with Gasteiger partial charge in [-0.2, -0.15) is 0 Å². The van der Waals surface area contributed by atoms with Crippen LogP contribution in [0.3, 0.4) is 0 Å². The number of ether oxygens (including phenoxy) is 2. The molecule has 4 bridgehead atoms. The van der Waals surface area contributed by atoms with E-state index in [9.17, 15) is 49.9 Å². The first-order valence-corrected chi connectivity index (χ1v) is 27.7. The maximum absolute atomic E-state index is 14.6. The van der Waals surface area contributed by atoms with Gasteiger partial charge in [-0.05, 0) is 141 Å². The van der Waals surface area contributed by atoms with E-state index in [0.717, 1.165) is 12.8 Å². The van der Waals surface area contributed by atoms with Crippen molar-refractivity contribution in [1.29, 1.82) is 0 Å². The number of aliphatic carboxylic acids is 1. The van der Waals surface area contributed by atoms with E-state index in [4.69, 9.17) is 14.6 Å². The van der Waals surface area contributed by atoms with E-state index in [0.29, 0.717) is 87.9 Å². The van der Waals surface area contributed by atoms with E-state index < -0.39 is 59.7 Å². The maximum atomic E-state index is 14.6. The maximum Gasteiger partial charge on any atom is 0.307 e. The van der Waals surface area contributed by atoms with Crippen LogP contribution in [0.25, 0.3) is 22.3 Å². The van der Waals surface area contributed by atoms with Crippen LogP contribution in [0, 0.1) is 45.1 Å². The number of aromatic nitrogens is 2. The highest BCUT2D eigenvalue weighted by atomic mass is 32.2. The van der Waals surface area contributed by atoms with Crippen LogP contribution in [0.4, 0.5) is 8.78 Å². The molecule has 396 valence electrons. The largest absolute Gasteiger partial charge is 0.481 e. The van der Waals surface area contributed by atoms with Crippen molar-refractivity contribution >= 4 is 43.5 Å². The van der Waals surface area contributed by atoms with E-state index in [1.54, 1.807) is 30.5 Å². The number of halogens is 2. The number of primary sulfonamides is 1. The highest BCUT2D eigenvalue weighted by Crippen LogP contribution is 2.65. The normalized spacial score (nSPS) is 22.4. The molecule has 4 fully saturated rings. The molecule has 4 saturated carbocycles. The summed E-state index contributed by atoms with van der Waals surface area (Å²) in [7, 11) is -4.70. The number of rotatable bonds is 15. The number of nitrogens with two attached hydrogens (primary N) is 1. The lowest BCUT2D eigenvalue weighted by Crippen LogP contribution is -2.46. The Labute approximate surface area is 427 Å². The van der Waals surface area contributed by atoms with E-state index in [2.05, 4.69) is 14.7 Å². The molecule has 8 rings (SSSR count). The van der Waals surface area contributed by atoms with Gasteiger partial charge < -0.3 is 14.6 Å². The fourth-order valence-electron chi connectivity index (χ4n) is 12.1. The summed E-state index contributed by atoms with van der Waals surface area (Å²) in [6.45, 7) is 15.5. The quantitative estimate of drug-likeness (QED) is 0.101. The Morgan fingerprint density at radius 3 is 1.47 bits per heavy atom. The number of carbonyl (C=O) groups excluding carboxylic acids is 3. The molecule has 1 amide bonds. The monoisotopic (exact) mass is 1050 g/mol. The third-order valence-electron chi connectivity index (χ3n) is 16.3. The number of benzene rings is 2. The van der Waals surface area contributed by atoms with Gasteiger partial charge in [0.1, 0.15) is 23.2 Å². The number of hydrogen-bond acceptors (Lipinski definition) is 12. The first kappa shape index (κ1) is 56.6. The lowest BCUT2D eigenvalue weighted by Gasteiger charge is -2.36. The van der Waals surface area contributed by atoms with Crippen LogP contribution in [-0.4, -0.2) is 81.1 Å². The fourth-order valence-corrected chi connectivity index (χ4v) is 15.3. The summed E-state index contributed by atoms with van der Waals surface area (Å²) in [5.41, 5.74) is 2.46. The zero-order chi connectivity index (χ0) is 54.2. The van der Waals surface area contributed by atoms with Crippen LogP contribution in [0.5, 0.6) is 11.8 Å². The number of Topliss-reactive ketones (excluding diaryl/α,β-unsaturated/α-hetero) is 2. The summed E-state index contributed by atoms with van der Waals surface area (Å²) in [5.74, 6) is -1.89. The summed E-state index contributed by atoms with van der Waals surface area (Å²) >= 11 is 0. The Morgan fingerprint density at radius 2 is 1.12 bits per heavy atom.